The lowest BCUT2D eigenvalue weighted by Crippen LogP contribution is -2.34. The minimum absolute atomic E-state index is 0.0740. The minimum Gasteiger partial charge on any atom is -0.352 e. The van der Waals surface area contributed by atoms with E-state index in [0.29, 0.717) is 30.5 Å². The number of benzene rings is 2. The Hall–Kier alpha value is -3.61. The first-order chi connectivity index (χ1) is 16.8. The van der Waals surface area contributed by atoms with Gasteiger partial charge in [-0.15, -0.1) is 0 Å². The van der Waals surface area contributed by atoms with E-state index in [9.17, 15) is 18.4 Å². The summed E-state index contributed by atoms with van der Waals surface area (Å²) in [4.78, 5) is 29.4. The second-order valence-electron chi connectivity index (χ2n) is 9.14. The Kier molecular flexibility index (Phi) is 7.54. The molecule has 0 unspecified atom stereocenters. The van der Waals surface area contributed by atoms with Gasteiger partial charge in [-0.05, 0) is 78.8 Å². The highest BCUT2D eigenvalue weighted by Crippen LogP contribution is 2.35. The lowest BCUT2D eigenvalue weighted by atomic mass is 9.87. The molecule has 1 saturated carbocycles. The molecule has 7 heteroatoms. The summed E-state index contributed by atoms with van der Waals surface area (Å²) in [5.41, 5.74) is 3.85. The van der Waals surface area contributed by atoms with Crippen molar-refractivity contribution in [1.82, 2.24) is 15.6 Å². The molecule has 1 atom stereocenters. The van der Waals surface area contributed by atoms with Gasteiger partial charge in [0.2, 0.25) is 5.92 Å². The van der Waals surface area contributed by atoms with Gasteiger partial charge in [0.15, 0.2) is 0 Å². The maximum Gasteiger partial charge on any atom is 0.251 e. The third kappa shape index (κ3) is 6.50. The zero-order valence-corrected chi connectivity index (χ0v) is 19.6. The summed E-state index contributed by atoms with van der Waals surface area (Å²) in [6, 6.07) is 18.0. The molecular formula is C28H29F2N3O2. The van der Waals surface area contributed by atoms with E-state index >= 15 is 0 Å². The van der Waals surface area contributed by atoms with Crippen LogP contribution < -0.4 is 10.6 Å². The first kappa shape index (κ1) is 24.5. The summed E-state index contributed by atoms with van der Waals surface area (Å²) in [5.74, 6) is -2.95. The Labute approximate surface area is 204 Å². The van der Waals surface area contributed by atoms with Crippen LogP contribution in [0.15, 0.2) is 73.1 Å². The van der Waals surface area contributed by atoms with E-state index in [1.165, 1.54) is 0 Å². The predicted octanol–water partition coefficient (Wildman–Crippen LogP) is 5.79. The summed E-state index contributed by atoms with van der Waals surface area (Å²) in [6.07, 6.45) is 4.05. The normalized spacial score (nSPS) is 16.3. The number of carbonyl (C=O) groups excluding carboxylic acids is 2. The fourth-order valence-electron chi connectivity index (χ4n) is 4.31. The van der Waals surface area contributed by atoms with Gasteiger partial charge in [0, 0.05) is 42.9 Å². The van der Waals surface area contributed by atoms with Crippen LogP contribution in [0.4, 0.5) is 8.78 Å². The lowest BCUT2D eigenvalue weighted by Gasteiger charge is -2.28. The second-order valence-corrected chi connectivity index (χ2v) is 9.14. The monoisotopic (exact) mass is 477 g/mol. The number of halogens is 2. The van der Waals surface area contributed by atoms with Crippen LogP contribution in [-0.4, -0.2) is 29.3 Å². The van der Waals surface area contributed by atoms with Gasteiger partial charge in [-0.1, -0.05) is 24.3 Å². The highest BCUT2D eigenvalue weighted by Gasteiger charge is 2.34. The number of carbonyl (C=O) groups is 2. The number of amides is 2. The summed E-state index contributed by atoms with van der Waals surface area (Å²) >= 11 is 0. The van der Waals surface area contributed by atoms with Gasteiger partial charge in [-0.3, -0.25) is 14.6 Å². The molecule has 35 heavy (non-hydrogen) atoms. The second kappa shape index (κ2) is 10.8. The molecule has 2 N–H and O–H groups in total. The Morgan fingerprint density at radius 3 is 2.29 bits per heavy atom. The number of aromatic nitrogens is 1. The number of hydrogen-bond acceptors (Lipinski definition) is 3. The molecule has 0 bridgehead atoms. The maximum absolute atomic E-state index is 13.3. The van der Waals surface area contributed by atoms with Crippen LogP contribution in [0.25, 0.3) is 11.1 Å². The zero-order valence-electron chi connectivity index (χ0n) is 19.6. The van der Waals surface area contributed by atoms with E-state index in [4.69, 9.17) is 0 Å². The van der Waals surface area contributed by atoms with Crippen molar-refractivity contribution in [1.29, 1.82) is 0 Å². The van der Waals surface area contributed by atoms with Gasteiger partial charge in [-0.2, -0.15) is 0 Å². The van der Waals surface area contributed by atoms with Gasteiger partial charge in [0.05, 0.1) is 6.04 Å². The predicted molar refractivity (Wildman–Crippen MR) is 131 cm³/mol. The SMILES string of the molecule is C[C@@H](NC(=O)c1ccc(-c2ccncc2)cc1)c1cccc(C(=O)NCC2CCC(F)(F)CC2)c1. The maximum atomic E-state index is 13.3. The Morgan fingerprint density at radius 2 is 1.60 bits per heavy atom. The quantitative estimate of drug-likeness (QED) is 0.452. The van der Waals surface area contributed by atoms with E-state index in [-0.39, 0.29) is 36.6 Å². The van der Waals surface area contributed by atoms with Crippen LogP contribution >= 0.6 is 0 Å². The number of nitrogens with one attached hydrogen (secondary N) is 2. The van der Waals surface area contributed by atoms with Crippen LogP contribution in [0, 0.1) is 5.92 Å². The van der Waals surface area contributed by atoms with Crippen LogP contribution in [-0.2, 0) is 0 Å². The van der Waals surface area contributed by atoms with Gasteiger partial charge in [-0.25, -0.2) is 8.78 Å². The molecule has 3 aromatic rings. The molecule has 0 radical (unpaired) electrons. The van der Waals surface area contributed by atoms with Crippen LogP contribution in [0.2, 0.25) is 0 Å². The first-order valence-electron chi connectivity index (χ1n) is 11.9. The molecule has 2 aromatic carbocycles. The smallest absolute Gasteiger partial charge is 0.251 e. The topological polar surface area (TPSA) is 71.1 Å². The third-order valence-corrected chi connectivity index (χ3v) is 6.55. The van der Waals surface area contributed by atoms with E-state index in [0.717, 1.165) is 16.7 Å². The van der Waals surface area contributed by atoms with Gasteiger partial charge < -0.3 is 10.6 Å². The van der Waals surface area contributed by atoms with Crippen molar-refractivity contribution in [2.24, 2.45) is 5.92 Å². The van der Waals surface area contributed by atoms with Crippen LogP contribution in [0.5, 0.6) is 0 Å². The number of pyridine rings is 1. The van der Waals surface area contributed by atoms with Gasteiger partial charge >= 0.3 is 0 Å². The van der Waals surface area contributed by atoms with Crippen LogP contribution in [0.1, 0.15) is 64.9 Å². The van der Waals surface area contributed by atoms with E-state index in [1.807, 2.05) is 37.3 Å². The average molecular weight is 478 g/mol. The molecule has 182 valence electrons. The molecule has 5 nitrogen and oxygen atoms in total. The fraction of sp³-hybridized carbons (Fsp3) is 0.321. The molecule has 1 fully saturated rings. The Morgan fingerprint density at radius 1 is 0.943 bits per heavy atom. The van der Waals surface area contributed by atoms with Crippen molar-refractivity contribution in [3.8, 4) is 11.1 Å². The molecular weight excluding hydrogens is 448 g/mol. The largest absolute Gasteiger partial charge is 0.352 e. The van der Waals surface area contributed by atoms with Crippen molar-refractivity contribution in [3.05, 3.63) is 89.7 Å². The fourth-order valence-corrected chi connectivity index (χ4v) is 4.31. The molecule has 0 saturated heterocycles. The standard InChI is InChI=1S/C28H29F2N3O2/c1-19(33-27(35)23-7-5-21(6-8-23)22-11-15-31-16-12-22)24-3-2-4-25(17-24)26(34)32-18-20-9-13-28(29,30)14-10-20/h2-8,11-12,15-17,19-20H,9-10,13-14,18H2,1H3,(H,32,34)(H,33,35)/t19-/m1/s1. The molecule has 1 aliphatic carbocycles. The summed E-state index contributed by atoms with van der Waals surface area (Å²) in [5, 5.41) is 5.85. The van der Waals surface area contributed by atoms with Crippen molar-refractivity contribution in [2.45, 2.75) is 44.6 Å². The average Bonchev–Trinajstić information content (AvgIpc) is 2.88. The number of nitrogens with zero attached hydrogens (tertiary/aromatic N) is 1. The molecule has 0 aliphatic heterocycles. The molecule has 1 aromatic heterocycles. The molecule has 4 rings (SSSR count). The molecule has 2 amide bonds. The lowest BCUT2D eigenvalue weighted by molar-refractivity contribution is -0.0452. The highest BCUT2D eigenvalue weighted by molar-refractivity contribution is 5.95. The van der Waals surface area contributed by atoms with Crippen molar-refractivity contribution < 1.29 is 18.4 Å². The Balaban J connectivity index is 1.33. The summed E-state index contributed by atoms with van der Waals surface area (Å²) in [6.45, 7) is 2.25. The van der Waals surface area contributed by atoms with Crippen LogP contribution in [0.3, 0.4) is 0 Å². The minimum atomic E-state index is -2.57. The molecule has 0 spiro atoms. The zero-order chi connectivity index (χ0) is 24.8. The van der Waals surface area contributed by atoms with Gasteiger partial charge in [0.25, 0.3) is 11.8 Å². The molecule has 1 heterocycles. The number of alkyl halides is 2. The number of rotatable bonds is 7. The van der Waals surface area contributed by atoms with Crippen molar-refractivity contribution >= 4 is 11.8 Å². The van der Waals surface area contributed by atoms with E-state index in [2.05, 4.69) is 15.6 Å². The highest BCUT2D eigenvalue weighted by atomic mass is 19.3. The third-order valence-electron chi connectivity index (χ3n) is 6.55. The summed E-state index contributed by atoms with van der Waals surface area (Å²) in [7, 11) is 0. The summed E-state index contributed by atoms with van der Waals surface area (Å²) < 4.78 is 26.7. The van der Waals surface area contributed by atoms with E-state index < -0.39 is 5.92 Å². The molecule has 1 aliphatic rings. The first-order valence-corrected chi connectivity index (χ1v) is 11.9. The Bertz CT molecular complexity index is 1160. The van der Waals surface area contributed by atoms with Crippen molar-refractivity contribution in [2.75, 3.05) is 6.54 Å². The van der Waals surface area contributed by atoms with Crippen molar-refractivity contribution in [3.63, 3.8) is 0 Å². The van der Waals surface area contributed by atoms with Gasteiger partial charge in [0.1, 0.15) is 0 Å². The van der Waals surface area contributed by atoms with E-state index in [1.54, 1.807) is 42.7 Å². The number of hydrogen-bond donors (Lipinski definition) is 2.